The topological polar surface area (TPSA) is 75.6 Å². The summed E-state index contributed by atoms with van der Waals surface area (Å²) in [6.07, 6.45) is 5.06. The molecule has 2 fully saturated rings. The summed E-state index contributed by atoms with van der Waals surface area (Å²) in [5, 5.41) is 12.2. The molecule has 0 bridgehead atoms. The van der Waals surface area contributed by atoms with Gasteiger partial charge in [0, 0.05) is 13.2 Å². The Morgan fingerprint density at radius 3 is 2.56 bits per heavy atom. The molecule has 2 N–H and O–H groups in total. The van der Waals surface area contributed by atoms with Gasteiger partial charge in [0.15, 0.2) is 0 Å². The summed E-state index contributed by atoms with van der Waals surface area (Å²) < 4.78 is 5.17. The van der Waals surface area contributed by atoms with Crippen LogP contribution in [0.1, 0.15) is 38.5 Å². The minimum atomic E-state index is -0.773. The normalized spacial score (nSPS) is 26.8. The maximum absolute atomic E-state index is 11.9. The molecule has 0 aromatic rings. The van der Waals surface area contributed by atoms with Crippen LogP contribution in [0.3, 0.4) is 0 Å². The van der Waals surface area contributed by atoms with Crippen molar-refractivity contribution in [2.24, 2.45) is 11.3 Å². The summed E-state index contributed by atoms with van der Waals surface area (Å²) >= 11 is 0. The van der Waals surface area contributed by atoms with Gasteiger partial charge >= 0.3 is 5.97 Å². The van der Waals surface area contributed by atoms with Crippen molar-refractivity contribution in [1.29, 1.82) is 0 Å². The molecule has 1 aliphatic heterocycles. The van der Waals surface area contributed by atoms with Gasteiger partial charge in [-0.2, -0.15) is 0 Å². The van der Waals surface area contributed by atoms with Crippen molar-refractivity contribution in [2.45, 2.75) is 38.5 Å². The summed E-state index contributed by atoms with van der Waals surface area (Å²) in [6, 6.07) is 0. The second-order valence-electron chi connectivity index (χ2n) is 5.42. The summed E-state index contributed by atoms with van der Waals surface area (Å²) in [5.41, 5.74) is -0.743. The number of amides is 1. The molecule has 0 radical (unpaired) electrons. The second-order valence-corrected chi connectivity index (χ2v) is 5.42. The van der Waals surface area contributed by atoms with Crippen LogP contribution in [0, 0.1) is 11.3 Å². The fourth-order valence-corrected chi connectivity index (χ4v) is 2.84. The molecule has 2 aliphatic rings. The van der Waals surface area contributed by atoms with E-state index in [0.29, 0.717) is 26.1 Å². The number of ether oxygens (including phenoxy) is 1. The highest BCUT2D eigenvalue weighted by atomic mass is 16.5. The number of hydrogen-bond donors (Lipinski definition) is 2. The zero-order chi connectivity index (χ0) is 13.0. The molecule has 102 valence electrons. The van der Waals surface area contributed by atoms with Crippen molar-refractivity contribution in [2.75, 3.05) is 19.8 Å². The van der Waals surface area contributed by atoms with Gasteiger partial charge in [-0.05, 0) is 19.3 Å². The minimum absolute atomic E-state index is 0.0568. The number of carbonyl (C=O) groups is 2. The third-order valence-electron chi connectivity index (χ3n) is 4.17. The first-order valence-corrected chi connectivity index (χ1v) is 6.73. The van der Waals surface area contributed by atoms with Crippen molar-refractivity contribution in [3.05, 3.63) is 0 Å². The molecule has 5 heteroatoms. The molecule has 0 spiro atoms. The van der Waals surface area contributed by atoms with Gasteiger partial charge in [0.25, 0.3) is 0 Å². The number of nitrogens with one attached hydrogen (secondary N) is 1. The molecule has 1 aliphatic carbocycles. The van der Waals surface area contributed by atoms with E-state index in [2.05, 4.69) is 5.32 Å². The standard InChI is InChI=1S/C13H21NO4/c15-11(10-4-7-18-8-10)14-9-13(12(16)17)5-2-1-3-6-13/h10H,1-9H2,(H,14,15)(H,16,17). The Hall–Kier alpha value is -1.10. The zero-order valence-electron chi connectivity index (χ0n) is 10.6. The Balaban J connectivity index is 1.89. The third-order valence-corrected chi connectivity index (χ3v) is 4.17. The van der Waals surface area contributed by atoms with Gasteiger partial charge in [0.2, 0.25) is 5.91 Å². The molecule has 1 unspecified atom stereocenters. The molecule has 1 saturated heterocycles. The number of carboxylic acids is 1. The second kappa shape index (κ2) is 5.69. The van der Waals surface area contributed by atoms with Crippen LogP contribution < -0.4 is 5.32 Å². The van der Waals surface area contributed by atoms with E-state index in [1.165, 1.54) is 0 Å². The monoisotopic (exact) mass is 255 g/mol. The highest BCUT2D eigenvalue weighted by molar-refractivity contribution is 5.81. The van der Waals surface area contributed by atoms with Gasteiger partial charge in [-0.15, -0.1) is 0 Å². The molecular weight excluding hydrogens is 234 g/mol. The predicted octanol–water partition coefficient (Wildman–Crippen LogP) is 1.17. The largest absolute Gasteiger partial charge is 0.481 e. The van der Waals surface area contributed by atoms with Crippen molar-refractivity contribution in [3.8, 4) is 0 Å². The van der Waals surface area contributed by atoms with E-state index < -0.39 is 11.4 Å². The molecule has 1 saturated carbocycles. The first kappa shape index (κ1) is 13.3. The average Bonchev–Trinajstić information content (AvgIpc) is 2.91. The fourth-order valence-electron chi connectivity index (χ4n) is 2.84. The number of rotatable bonds is 4. The van der Waals surface area contributed by atoms with Gasteiger partial charge in [0.05, 0.1) is 17.9 Å². The van der Waals surface area contributed by atoms with Gasteiger partial charge in [-0.3, -0.25) is 9.59 Å². The molecule has 1 amide bonds. The number of carbonyl (C=O) groups excluding carboxylic acids is 1. The fraction of sp³-hybridized carbons (Fsp3) is 0.846. The maximum Gasteiger partial charge on any atom is 0.311 e. The Kier molecular flexibility index (Phi) is 4.22. The van der Waals surface area contributed by atoms with Crippen LogP contribution in [0.25, 0.3) is 0 Å². The molecule has 1 atom stereocenters. The molecule has 0 aromatic carbocycles. The quantitative estimate of drug-likeness (QED) is 0.790. The lowest BCUT2D eigenvalue weighted by Gasteiger charge is -2.33. The van der Waals surface area contributed by atoms with E-state index in [1.54, 1.807) is 0 Å². The van der Waals surface area contributed by atoms with Crippen LogP contribution in [0.4, 0.5) is 0 Å². The number of hydrogen-bond acceptors (Lipinski definition) is 3. The van der Waals surface area contributed by atoms with Crippen molar-refractivity contribution in [1.82, 2.24) is 5.32 Å². The highest BCUT2D eigenvalue weighted by Crippen LogP contribution is 2.36. The van der Waals surface area contributed by atoms with Crippen molar-refractivity contribution < 1.29 is 19.4 Å². The Morgan fingerprint density at radius 2 is 2.00 bits per heavy atom. The molecule has 18 heavy (non-hydrogen) atoms. The SMILES string of the molecule is O=C(NCC1(C(=O)O)CCCCC1)C1CCOC1. The Labute approximate surface area is 107 Å². The summed E-state index contributed by atoms with van der Waals surface area (Å²) in [5.74, 6) is -0.927. The smallest absolute Gasteiger partial charge is 0.311 e. The van der Waals surface area contributed by atoms with Crippen LogP contribution >= 0.6 is 0 Å². The lowest BCUT2D eigenvalue weighted by Crippen LogP contribution is -2.45. The van der Waals surface area contributed by atoms with E-state index in [9.17, 15) is 14.7 Å². The average molecular weight is 255 g/mol. The minimum Gasteiger partial charge on any atom is -0.481 e. The van der Waals surface area contributed by atoms with Gasteiger partial charge in [0.1, 0.15) is 0 Å². The van der Waals surface area contributed by atoms with E-state index >= 15 is 0 Å². The van der Waals surface area contributed by atoms with Crippen molar-refractivity contribution >= 4 is 11.9 Å². The Morgan fingerprint density at radius 1 is 1.28 bits per heavy atom. The summed E-state index contributed by atoms with van der Waals surface area (Å²) in [4.78, 5) is 23.3. The van der Waals surface area contributed by atoms with E-state index in [0.717, 1.165) is 25.7 Å². The van der Waals surface area contributed by atoms with Gasteiger partial charge < -0.3 is 15.2 Å². The first-order chi connectivity index (χ1) is 8.64. The van der Waals surface area contributed by atoms with Gasteiger partial charge in [-0.1, -0.05) is 19.3 Å². The van der Waals surface area contributed by atoms with Crippen LogP contribution in [0.15, 0.2) is 0 Å². The molecule has 2 rings (SSSR count). The van der Waals surface area contributed by atoms with Crippen molar-refractivity contribution in [3.63, 3.8) is 0 Å². The third kappa shape index (κ3) is 2.83. The van der Waals surface area contributed by atoms with E-state index in [1.807, 2.05) is 0 Å². The molecule has 1 heterocycles. The highest BCUT2D eigenvalue weighted by Gasteiger charge is 2.40. The molecule has 0 aromatic heterocycles. The molecular formula is C13H21NO4. The predicted molar refractivity (Wildman–Crippen MR) is 65.1 cm³/mol. The number of aliphatic carboxylic acids is 1. The zero-order valence-corrected chi connectivity index (χ0v) is 10.6. The summed E-state index contributed by atoms with van der Waals surface area (Å²) in [7, 11) is 0. The van der Waals surface area contributed by atoms with Crippen LogP contribution in [0.2, 0.25) is 0 Å². The lowest BCUT2D eigenvalue weighted by molar-refractivity contribution is -0.151. The first-order valence-electron chi connectivity index (χ1n) is 6.73. The van der Waals surface area contributed by atoms with E-state index in [-0.39, 0.29) is 18.4 Å². The van der Waals surface area contributed by atoms with Crippen LogP contribution in [-0.4, -0.2) is 36.7 Å². The van der Waals surface area contributed by atoms with E-state index in [4.69, 9.17) is 4.74 Å². The Bertz CT molecular complexity index is 317. The van der Waals surface area contributed by atoms with Gasteiger partial charge in [-0.25, -0.2) is 0 Å². The van der Waals surface area contributed by atoms with Crippen LogP contribution in [0.5, 0.6) is 0 Å². The summed E-state index contributed by atoms with van der Waals surface area (Å²) in [6.45, 7) is 1.35. The molecule has 5 nitrogen and oxygen atoms in total. The van der Waals surface area contributed by atoms with Crippen LogP contribution in [-0.2, 0) is 14.3 Å². The number of carboxylic acid groups (broad SMARTS) is 1. The lowest BCUT2D eigenvalue weighted by atomic mass is 9.74. The maximum atomic E-state index is 11.9.